The smallest absolute Gasteiger partial charge is 0.444 e. The normalized spacial score (nSPS) is 14.4. The minimum absolute atomic E-state index is 0. The Balaban J connectivity index is 0.000000208. The van der Waals surface area contributed by atoms with Gasteiger partial charge in [-0.05, 0) is 59.7 Å². The molecule has 0 radical (unpaired) electrons. The lowest BCUT2D eigenvalue weighted by Crippen LogP contribution is -2.50. The average Bonchev–Trinajstić information content (AvgIpc) is 3.50. The number of rotatable bonds is 6. The first-order chi connectivity index (χ1) is 38.2. The van der Waals surface area contributed by atoms with Gasteiger partial charge >= 0.3 is 19.3 Å². The van der Waals surface area contributed by atoms with E-state index < -0.39 is 18.3 Å². The molecule has 3 aliphatic heterocycles. The van der Waals surface area contributed by atoms with Gasteiger partial charge in [0.2, 0.25) is 17.8 Å². The number of ether oxygens (including phenoxy) is 2. The fourth-order valence-electron chi connectivity index (χ4n) is 7.55. The van der Waals surface area contributed by atoms with Gasteiger partial charge in [0.05, 0.1) is 30.1 Å². The van der Waals surface area contributed by atoms with Crippen LogP contribution in [0.25, 0.3) is 22.5 Å². The molecule has 3 aliphatic rings. The number of nitrogen functional groups attached to an aromatic ring is 3. The molecule has 3 fully saturated rings. The van der Waals surface area contributed by atoms with Crippen molar-refractivity contribution in [1.29, 1.82) is 0 Å². The van der Waals surface area contributed by atoms with Crippen LogP contribution < -0.4 is 42.7 Å². The van der Waals surface area contributed by atoms with Crippen molar-refractivity contribution >= 4 is 154 Å². The molecule has 3 aromatic heterocycles. The maximum absolute atomic E-state index is 12.2. The number of carbonyl (C=O) groups excluding carboxylic acids is 2. The number of nitrogens with two attached hydrogens (primary N) is 3. The standard InChI is InChI=1S/C18H22Cl2N6O2.C13H14Cl2N6.C12H19ClN6O2.C6H5BCl2O2.ClH/c1-18(2,3)28-17(27)26-9-7-25(8-10-26)16-22-15(21)14(23-24-16)11-5-4-6-12(19)13(11)20;14-9-3-1-2-8(10(9)15)11-12(16)18-13(20-19-11)21-6-4-17-5-7-21;1-12(2,3)21-11(20)19-6-4-18(5-7-19)10-15-9(14)8(13)16-17-10;8-5-3-1-2-4(6(5)9)7(10)11;/h4-6H,7-10H2,1-3H3,(H2,21,22,24);1-3,17H,4-7H2,(H2,16,18,20);4-7H2,1-3H3,(H2,14,15,17);1-3,10-11H;1H. The highest BCUT2D eigenvalue weighted by Crippen LogP contribution is 2.36. The van der Waals surface area contributed by atoms with E-state index in [4.69, 9.17) is 118 Å². The molecule has 9 N–H and O–H groups in total. The number of piperazine rings is 3. The van der Waals surface area contributed by atoms with Gasteiger partial charge in [-0.25, -0.2) is 9.59 Å². The van der Waals surface area contributed by atoms with Crippen LogP contribution in [0.2, 0.25) is 35.3 Å². The highest BCUT2D eigenvalue weighted by molar-refractivity contribution is 6.64. The molecule has 6 heterocycles. The molecule has 0 spiro atoms. The minimum atomic E-state index is -1.57. The molecule has 0 aliphatic carbocycles. The molecule has 33 heteroatoms. The maximum atomic E-state index is 12.2. The Labute approximate surface area is 515 Å². The van der Waals surface area contributed by atoms with Crippen molar-refractivity contribution in [3.63, 3.8) is 0 Å². The number of amides is 2. The van der Waals surface area contributed by atoms with Crippen molar-refractivity contribution in [2.24, 2.45) is 0 Å². The van der Waals surface area contributed by atoms with Crippen molar-refractivity contribution in [3.05, 3.63) is 89.9 Å². The topological polar surface area (TPSA) is 315 Å². The second-order valence-electron chi connectivity index (χ2n) is 19.8. The number of hydrogen-bond acceptors (Lipinski definition) is 22. The minimum Gasteiger partial charge on any atom is -0.444 e. The third kappa shape index (κ3) is 18.9. The van der Waals surface area contributed by atoms with Crippen molar-refractivity contribution in [1.82, 2.24) is 60.7 Å². The zero-order chi connectivity index (χ0) is 59.3. The van der Waals surface area contributed by atoms with Crippen molar-refractivity contribution in [2.45, 2.75) is 52.7 Å². The van der Waals surface area contributed by atoms with Gasteiger partial charge < -0.3 is 66.5 Å². The van der Waals surface area contributed by atoms with Crippen LogP contribution in [-0.2, 0) is 9.47 Å². The molecular formula is C49H61BCl8N18O6. The molecule has 6 aromatic rings. The van der Waals surface area contributed by atoms with Gasteiger partial charge in [-0.15, -0.1) is 43.0 Å². The predicted octanol–water partition coefficient (Wildman–Crippen LogP) is 7.58. The third-order valence-electron chi connectivity index (χ3n) is 11.6. The summed E-state index contributed by atoms with van der Waals surface area (Å²) in [4.78, 5) is 46.1. The Bertz CT molecular complexity index is 3130. The summed E-state index contributed by atoms with van der Waals surface area (Å²) < 4.78 is 10.7. The van der Waals surface area contributed by atoms with Gasteiger partial charge in [0, 0.05) is 95.1 Å². The maximum Gasteiger partial charge on any atom is 0.490 e. The summed E-state index contributed by atoms with van der Waals surface area (Å²) in [5.74, 6) is 2.02. The molecule has 24 nitrogen and oxygen atoms in total. The van der Waals surface area contributed by atoms with E-state index in [-0.39, 0.29) is 51.9 Å². The quantitative estimate of drug-likeness (QED) is 0.0875. The number of benzene rings is 3. The highest BCUT2D eigenvalue weighted by atomic mass is 35.5. The lowest BCUT2D eigenvalue weighted by atomic mass is 9.80. The number of hydrogen-bond donors (Lipinski definition) is 6. The van der Waals surface area contributed by atoms with Crippen molar-refractivity contribution in [3.8, 4) is 22.5 Å². The lowest BCUT2D eigenvalue weighted by molar-refractivity contribution is 0.0229. The van der Waals surface area contributed by atoms with Crippen LogP contribution in [0.5, 0.6) is 0 Å². The van der Waals surface area contributed by atoms with Crippen LogP contribution in [-0.4, -0.2) is 174 Å². The molecule has 442 valence electrons. The van der Waals surface area contributed by atoms with Crippen LogP contribution in [0.1, 0.15) is 41.5 Å². The van der Waals surface area contributed by atoms with Crippen LogP contribution in [0, 0.1) is 0 Å². The largest absolute Gasteiger partial charge is 0.490 e. The Kier molecular flexibility index (Phi) is 24.7. The SMILES string of the molecule is CC(C)(C)OC(=O)N1CCN(c2nnc(-c3cccc(Cl)c3Cl)c(N)n2)CC1.CC(C)(C)OC(=O)N1CCN(c2nnc(Cl)c(N)n2)CC1.Cl.Nc1nc(N2CCNCC2)nnc1-c1cccc(Cl)c1Cl.OB(O)c1cccc(Cl)c1Cl. The first-order valence-electron chi connectivity index (χ1n) is 25.0. The number of nitrogens with one attached hydrogen (secondary N) is 1. The fourth-order valence-corrected chi connectivity index (χ4v) is 8.81. The summed E-state index contributed by atoms with van der Waals surface area (Å²) in [6.45, 7) is 18.9. The summed E-state index contributed by atoms with van der Waals surface area (Å²) in [5.41, 5.74) is 19.0. The fraction of sp³-hybridized carbons (Fsp3) is 0.408. The zero-order valence-electron chi connectivity index (χ0n) is 45.3. The number of halogens is 8. The Morgan fingerprint density at radius 3 is 1.22 bits per heavy atom. The van der Waals surface area contributed by atoms with E-state index in [1.807, 2.05) is 56.2 Å². The zero-order valence-corrected chi connectivity index (χ0v) is 51.4. The van der Waals surface area contributed by atoms with Gasteiger partial charge in [0.25, 0.3) is 0 Å². The molecule has 82 heavy (non-hydrogen) atoms. The second-order valence-corrected chi connectivity index (χ2v) is 22.6. The first kappa shape index (κ1) is 67.1. The van der Waals surface area contributed by atoms with Gasteiger partial charge in [-0.2, -0.15) is 15.0 Å². The molecule has 0 unspecified atom stereocenters. The van der Waals surface area contributed by atoms with Crippen molar-refractivity contribution < 1.29 is 29.1 Å². The van der Waals surface area contributed by atoms with E-state index >= 15 is 0 Å². The highest BCUT2D eigenvalue weighted by Gasteiger charge is 2.29. The van der Waals surface area contributed by atoms with Crippen LogP contribution in [0.15, 0.2) is 54.6 Å². The van der Waals surface area contributed by atoms with E-state index in [1.54, 1.807) is 58.3 Å². The second kappa shape index (κ2) is 30.2. The molecule has 3 aromatic carbocycles. The molecule has 3 saturated heterocycles. The van der Waals surface area contributed by atoms with E-state index in [9.17, 15) is 9.59 Å². The number of nitrogens with zero attached hydrogens (tertiary/aromatic N) is 14. The van der Waals surface area contributed by atoms with Gasteiger partial charge in [0.1, 0.15) is 22.6 Å². The molecule has 0 saturated carbocycles. The van der Waals surface area contributed by atoms with Crippen molar-refractivity contribution in [2.75, 3.05) is 110 Å². The summed E-state index contributed by atoms with van der Waals surface area (Å²) >= 11 is 41.4. The van der Waals surface area contributed by atoms with Gasteiger partial charge in [-0.1, -0.05) is 118 Å². The first-order valence-corrected chi connectivity index (χ1v) is 27.6. The molecule has 0 bridgehead atoms. The van der Waals surface area contributed by atoms with Gasteiger partial charge in [-0.3, -0.25) is 0 Å². The summed E-state index contributed by atoms with van der Waals surface area (Å²) in [6, 6.07) is 15.2. The number of anilines is 6. The third-order valence-corrected chi connectivity index (χ3v) is 14.3. The number of aromatic nitrogens is 9. The molecule has 0 atom stereocenters. The number of carbonyl (C=O) groups is 2. The lowest BCUT2D eigenvalue weighted by Gasteiger charge is -2.35. The van der Waals surface area contributed by atoms with Crippen LogP contribution in [0.3, 0.4) is 0 Å². The van der Waals surface area contributed by atoms with E-state index in [0.29, 0.717) is 124 Å². The summed E-state index contributed by atoms with van der Waals surface area (Å²) in [5, 5.41) is 47.3. The Morgan fingerprint density at radius 2 is 0.866 bits per heavy atom. The van der Waals surface area contributed by atoms with E-state index in [0.717, 1.165) is 26.2 Å². The van der Waals surface area contributed by atoms with E-state index in [2.05, 4.69) is 50.9 Å². The Morgan fingerprint density at radius 1 is 0.512 bits per heavy atom. The average molecular weight is 1290 g/mol. The Hall–Kier alpha value is -5.71. The van der Waals surface area contributed by atoms with Gasteiger partial charge in [0.15, 0.2) is 22.6 Å². The summed E-state index contributed by atoms with van der Waals surface area (Å²) in [6.07, 6.45) is -0.631. The van der Waals surface area contributed by atoms with E-state index in [1.165, 1.54) is 6.07 Å². The molecular weight excluding hydrogens is 1230 g/mol. The molecule has 9 rings (SSSR count). The predicted molar refractivity (Wildman–Crippen MR) is 327 cm³/mol. The van der Waals surface area contributed by atoms with Crippen LogP contribution >= 0.6 is 93.6 Å². The van der Waals surface area contributed by atoms with Crippen LogP contribution in [0.4, 0.5) is 44.9 Å². The monoisotopic (exact) mass is 1290 g/mol. The summed E-state index contributed by atoms with van der Waals surface area (Å²) in [7, 11) is -1.57. The molecule has 2 amide bonds.